The molecule has 0 spiro atoms. The summed E-state index contributed by atoms with van der Waals surface area (Å²) in [5.41, 5.74) is 3.06. The van der Waals surface area contributed by atoms with Gasteiger partial charge >= 0.3 is 0 Å². The summed E-state index contributed by atoms with van der Waals surface area (Å²) in [7, 11) is 1.54. The Morgan fingerprint density at radius 2 is 2.10 bits per heavy atom. The van der Waals surface area contributed by atoms with E-state index in [0.717, 1.165) is 35.7 Å². The van der Waals surface area contributed by atoms with E-state index >= 15 is 0 Å². The number of nitrogens with one attached hydrogen (secondary N) is 3. The van der Waals surface area contributed by atoms with Gasteiger partial charge in [-0.05, 0) is 42.7 Å². The van der Waals surface area contributed by atoms with Gasteiger partial charge in [-0.3, -0.25) is 9.79 Å². The number of benzene rings is 2. The van der Waals surface area contributed by atoms with Crippen LogP contribution in [0.15, 0.2) is 47.5 Å². The Hall–Kier alpha value is -3.22. The van der Waals surface area contributed by atoms with E-state index in [4.69, 9.17) is 9.73 Å². The number of aliphatic imine (C=N–C) groups is 1. The number of hydrogen-bond donors (Lipinski definition) is 4. The summed E-state index contributed by atoms with van der Waals surface area (Å²) >= 11 is 0. The van der Waals surface area contributed by atoms with Gasteiger partial charge in [-0.25, -0.2) is 0 Å². The van der Waals surface area contributed by atoms with Gasteiger partial charge in [0.15, 0.2) is 17.5 Å². The van der Waals surface area contributed by atoms with Crippen molar-refractivity contribution in [2.75, 3.05) is 32.1 Å². The zero-order valence-corrected chi connectivity index (χ0v) is 16.9. The average molecular weight is 396 g/mol. The minimum absolute atomic E-state index is 0.0307. The standard InChI is InChI=1S/C22H28N4O3/c1-3-23-22(24-11-10-15-8-9-19(27)20(12-15)29-2)25-14-16-13-21(28)26-18-7-5-4-6-17(16)18/h4-9,12,16,27H,3,10-11,13-14H2,1-2H3,(H,26,28)(H2,23,24,25). The fraction of sp³-hybridized carbons (Fsp3) is 0.364. The number of amides is 1. The SMILES string of the molecule is CCNC(=NCC1CC(=O)Nc2ccccc21)NCCc1ccc(O)c(OC)c1. The van der Waals surface area contributed by atoms with E-state index < -0.39 is 0 Å². The molecule has 2 aromatic rings. The van der Waals surface area contributed by atoms with Gasteiger partial charge in [0, 0.05) is 31.1 Å². The molecule has 29 heavy (non-hydrogen) atoms. The van der Waals surface area contributed by atoms with Crippen molar-refractivity contribution in [2.24, 2.45) is 4.99 Å². The number of guanidine groups is 1. The van der Waals surface area contributed by atoms with E-state index in [1.54, 1.807) is 6.07 Å². The largest absolute Gasteiger partial charge is 0.504 e. The van der Waals surface area contributed by atoms with Crippen LogP contribution in [-0.4, -0.2) is 43.7 Å². The number of rotatable bonds is 7. The molecule has 0 saturated heterocycles. The van der Waals surface area contributed by atoms with Crippen molar-refractivity contribution >= 4 is 17.6 Å². The minimum atomic E-state index is 0.0307. The number of hydrogen-bond acceptors (Lipinski definition) is 4. The number of phenols is 1. The van der Waals surface area contributed by atoms with Crippen molar-refractivity contribution < 1.29 is 14.6 Å². The van der Waals surface area contributed by atoms with E-state index in [9.17, 15) is 9.90 Å². The van der Waals surface area contributed by atoms with Crippen LogP contribution in [0.5, 0.6) is 11.5 Å². The molecule has 7 heteroatoms. The molecule has 0 saturated carbocycles. The highest BCUT2D eigenvalue weighted by atomic mass is 16.5. The summed E-state index contributed by atoms with van der Waals surface area (Å²) in [6.45, 7) is 3.99. The second-order valence-corrected chi connectivity index (χ2v) is 6.94. The molecule has 1 unspecified atom stereocenters. The molecule has 1 aliphatic rings. The average Bonchev–Trinajstić information content (AvgIpc) is 2.72. The van der Waals surface area contributed by atoms with Gasteiger partial charge in [-0.1, -0.05) is 24.3 Å². The predicted molar refractivity (Wildman–Crippen MR) is 115 cm³/mol. The van der Waals surface area contributed by atoms with Crippen molar-refractivity contribution in [3.05, 3.63) is 53.6 Å². The first-order chi connectivity index (χ1) is 14.1. The highest BCUT2D eigenvalue weighted by Gasteiger charge is 2.24. The van der Waals surface area contributed by atoms with Gasteiger partial charge in [0.05, 0.1) is 13.7 Å². The molecule has 0 fully saturated rings. The lowest BCUT2D eigenvalue weighted by Gasteiger charge is -2.24. The molecule has 1 atom stereocenters. The minimum Gasteiger partial charge on any atom is -0.504 e. The molecule has 1 aliphatic heterocycles. The summed E-state index contributed by atoms with van der Waals surface area (Å²) in [4.78, 5) is 16.7. The topological polar surface area (TPSA) is 95.0 Å². The third-order valence-electron chi connectivity index (χ3n) is 4.87. The summed E-state index contributed by atoms with van der Waals surface area (Å²) in [6, 6.07) is 13.2. The molecule has 2 aromatic carbocycles. The molecular weight excluding hydrogens is 368 g/mol. The number of ether oxygens (including phenoxy) is 1. The lowest BCUT2D eigenvalue weighted by atomic mass is 9.91. The van der Waals surface area contributed by atoms with Gasteiger partial charge in [-0.2, -0.15) is 0 Å². The lowest BCUT2D eigenvalue weighted by Crippen LogP contribution is -2.38. The van der Waals surface area contributed by atoms with Gasteiger partial charge in [0.2, 0.25) is 5.91 Å². The Balaban J connectivity index is 1.61. The summed E-state index contributed by atoms with van der Waals surface area (Å²) < 4.78 is 5.16. The number of phenolic OH excluding ortho intramolecular Hbond substituents is 1. The third kappa shape index (κ3) is 5.40. The van der Waals surface area contributed by atoms with Crippen LogP contribution in [0.2, 0.25) is 0 Å². The normalized spacial score (nSPS) is 16.0. The van der Waals surface area contributed by atoms with Crippen LogP contribution >= 0.6 is 0 Å². The highest BCUT2D eigenvalue weighted by Crippen LogP contribution is 2.32. The Morgan fingerprint density at radius 3 is 2.90 bits per heavy atom. The molecule has 3 rings (SSSR count). The third-order valence-corrected chi connectivity index (χ3v) is 4.87. The van der Waals surface area contributed by atoms with E-state index in [2.05, 4.69) is 16.0 Å². The van der Waals surface area contributed by atoms with Crippen LogP contribution in [0, 0.1) is 0 Å². The van der Waals surface area contributed by atoms with Crippen molar-refractivity contribution in [1.29, 1.82) is 0 Å². The van der Waals surface area contributed by atoms with Crippen molar-refractivity contribution in [3.63, 3.8) is 0 Å². The molecule has 0 radical (unpaired) electrons. The molecule has 0 aliphatic carbocycles. The van der Waals surface area contributed by atoms with E-state index in [-0.39, 0.29) is 17.6 Å². The fourth-order valence-corrected chi connectivity index (χ4v) is 3.41. The smallest absolute Gasteiger partial charge is 0.225 e. The molecule has 0 aromatic heterocycles. The monoisotopic (exact) mass is 396 g/mol. The zero-order valence-electron chi connectivity index (χ0n) is 16.9. The van der Waals surface area contributed by atoms with Gasteiger partial charge in [0.1, 0.15) is 0 Å². The van der Waals surface area contributed by atoms with Crippen LogP contribution in [0.25, 0.3) is 0 Å². The number of para-hydroxylation sites is 1. The van der Waals surface area contributed by atoms with Gasteiger partial charge in [-0.15, -0.1) is 0 Å². The molecular formula is C22H28N4O3. The first-order valence-electron chi connectivity index (χ1n) is 9.87. The number of aromatic hydroxyl groups is 1. The molecule has 4 N–H and O–H groups in total. The Bertz CT molecular complexity index is 882. The number of carbonyl (C=O) groups excluding carboxylic acids is 1. The maximum absolute atomic E-state index is 12.0. The number of methoxy groups -OCH3 is 1. The zero-order chi connectivity index (χ0) is 20.6. The number of fused-ring (bicyclic) bond motifs is 1. The number of nitrogens with zero attached hydrogens (tertiary/aromatic N) is 1. The Kier molecular flexibility index (Phi) is 6.94. The second kappa shape index (κ2) is 9.82. The van der Waals surface area contributed by atoms with E-state index in [1.807, 2.05) is 43.3 Å². The second-order valence-electron chi connectivity index (χ2n) is 6.94. The Morgan fingerprint density at radius 1 is 1.28 bits per heavy atom. The number of anilines is 1. The van der Waals surface area contributed by atoms with E-state index in [1.165, 1.54) is 7.11 Å². The van der Waals surface area contributed by atoms with Gasteiger partial charge in [0.25, 0.3) is 0 Å². The van der Waals surface area contributed by atoms with E-state index in [0.29, 0.717) is 25.3 Å². The molecule has 1 heterocycles. The van der Waals surface area contributed by atoms with Crippen LogP contribution in [-0.2, 0) is 11.2 Å². The first kappa shape index (κ1) is 20.5. The van der Waals surface area contributed by atoms with Crippen molar-refractivity contribution in [1.82, 2.24) is 10.6 Å². The van der Waals surface area contributed by atoms with Crippen LogP contribution < -0.4 is 20.7 Å². The summed E-state index contributed by atoms with van der Waals surface area (Å²) in [6.07, 6.45) is 1.20. The van der Waals surface area contributed by atoms with Crippen LogP contribution in [0.3, 0.4) is 0 Å². The summed E-state index contributed by atoms with van der Waals surface area (Å²) in [5.74, 6) is 1.43. The van der Waals surface area contributed by atoms with Crippen molar-refractivity contribution in [2.45, 2.75) is 25.7 Å². The molecule has 1 amide bonds. The predicted octanol–water partition coefficient (Wildman–Crippen LogP) is 2.62. The molecule has 7 nitrogen and oxygen atoms in total. The number of carbonyl (C=O) groups is 1. The van der Waals surface area contributed by atoms with Gasteiger partial charge < -0.3 is 25.8 Å². The highest BCUT2D eigenvalue weighted by molar-refractivity contribution is 5.94. The lowest BCUT2D eigenvalue weighted by molar-refractivity contribution is -0.116. The summed E-state index contributed by atoms with van der Waals surface area (Å²) in [5, 5.41) is 19.2. The first-order valence-corrected chi connectivity index (χ1v) is 9.87. The molecule has 0 bridgehead atoms. The van der Waals surface area contributed by atoms with Crippen molar-refractivity contribution in [3.8, 4) is 11.5 Å². The van der Waals surface area contributed by atoms with Crippen LogP contribution in [0.4, 0.5) is 5.69 Å². The fourth-order valence-electron chi connectivity index (χ4n) is 3.41. The molecule has 154 valence electrons. The quantitative estimate of drug-likeness (QED) is 0.426. The maximum atomic E-state index is 12.0. The van der Waals surface area contributed by atoms with Crippen LogP contribution in [0.1, 0.15) is 30.4 Å². The maximum Gasteiger partial charge on any atom is 0.225 e. The Labute approximate surface area is 171 Å².